The second kappa shape index (κ2) is 9.65. The molecular weight excluding hydrogens is 392 g/mol. The van der Waals surface area contributed by atoms with Crippen molar-refractivity contribution >= 4 is 23.4 Å². The number of methoxy groups -OCH3 is 2. The van der Waals surface area contributed by atoms with Crippen LogP contribution < -0.4 is 14.8 Å². The largest absolute Gasteiger partial charge is 0.493 e. The number of hydrogen-bond acceptors (Lipinski definition) is 4. The van der Waals surface area contributed by atoms with Gasteiger partial charge in [0.2, 0.25) is 11.8 Å². The Morgan fingerprint density at radius 3 is 2.48 bits per heavy atom. The Hall–Kier alpha value is -2.73. The molecule has 29 heavy (non-hydrogen) atoms. The number of carbonyl (C=O) groups is 2. The molecule has 1 atom stereocenters. The quantitative estimate of drug-likeness (QED) is 0.718. The highest BCUT2D eigenvalue weighted by molar-refractivity contribution is 6.30. The monoisotopic (exact) mass is 416 g/mol. The van der Waals surface area contributed by atoms with Gasteiger partial charge < -0.3 is 19.7 Å². The fraction of sp³-hybridized carbons (Fsp3) is 0.364. The number of rotatable bonds is 8. The summed E-state index contributed by atoms with van der Waals surface area (Å²) < 4.78 is 10.6. The van der Waals surface area contributed by atoms with Gasteiger partial charge in [-0.05, 0) is 41.8 Å². The number of halogens is 1. The van der Waals surface area contributed by atoms with Crippen LogP contribution >= 0.6 is 11.6 Å². The molecule has 1 N–H and O–H groups in total. The predicted molar refractivity (Wildman–Crippen MR) is 111 cm³/mol. The molecule has 6 nitrogen and oxygen atoms in total. The lowest BCUT2D eigenvalue weighted by Crippen LogP contribution is -2.33. The van der Waals surface area contributed by atoms with E-state index in [1.165, 1.54) is 0 Å². The van der Waals surface area contributed by atoms with Crippen LogP contribution in [0, 0.1) is 5.92 Å². The molecule has 2 amide bonds. The summed E-state index contributed by atoms with van der Waals surface area (Å²) in [7, 11) is 3.19. The molecule has 0 bridgehead atoms. The van der Waals surface area contributed by atoms with Gasteiger partial charge in [0.1, 0.15) is 0 Å². The van der Waals surface area contributed by atoms with E-state index in [9.17, 15) is 9.59 Å². The Balaban J connectivity index is 1.50. The van der Waals surface area contributed by atoms with Crippen LogP contribution in [0.2, 0.25) is 5.02 Å². The number of nitrogens with one attached hydrogen (secondary N) is 1. The number of carbonyl (C=O) groups excluding carboxylic acids is 2. The molecule has 3 rings (SSSR count). The van der Waals surface area contributed by atoms with Crippen molar-refractivity contribution < 1.29 is 19.1 Å². The SMILES string of the molecule is COc1ccc(CCN2CC(C(=O)NCc3ccc(Cl)cc3)CC2=O)cc1OC. The highest BCUT2D eigenvalue weighted by atomic mass is 35.5. The normalized spacial score (nSPS) is 16.0. The zero-order valence-corrected chi connectivity index (χ0v) is 17.4. The lowest BCUT2D eigenvalue weighted by molar-refractivity contribution is -0.129. The number of amides is 2. The average molecular weight is 417 g/mol. The Morgan fingerprint density at radius 1 is 1.10 bits per heavy atom. The summed E-state index contributed by atoms with van der Waals surface area (Å²) in [6, 6.07) is 13.0. The Kier molecular flexibility index (Phi) is 6.99. The van der Waals surface area contributed by atoms with Crippen molar-refractivity contribution in [3.05, 3.63) is 58.6 Å². The molecule has 0 saturated carbocycles. The first kappa shape index (κ1) is 21.0. The third kappa shape index (κ3) is 5.41. The smallest absolute Gasteiger partial charge is 0.225 e. The number of nitrogens with zero attached hydrogens (tertiary/aromatic N) is 1. The van der Waals surface area contributed by atoms with E-state index in [0.717, 1.165) is 11.1 Å². The van der Waals surface area contributed by atoms with Crippen LogP contribution in [0.15, 0.2) is 42.5 Å². The molecule has 1 aliphatic heterocycles. The zero-order chi connectivity index (χ0) is 20.8. The molecule has 1 heterocycles. The predicted octanol–water partition coefficient (Wildman–Crippen LogP) is 3.06. The summed E-state index contributed by atoms with van der Waals surface area (Å²) in [5, 5.41) is 3.57. The topological polar surface area (TPSA) is 67.9 Å². The molecule has 0 aromatic heterocycles. The first-order chi connectivity index (χ1) is 14.0. The van der Waals surface area contributed by atoms with Crippen LogP contribution in [-0.2, 0) is 22.6 Å². The molecule has 1 unspecified atom stereocenters. The minimum absolute atomic E-state index is 0.0112. The zero-order valence-electron chi connectivity index (χ0n) is 16.6. The summed E-state index contributed by atoms with van der Waals surface area (Å²) in [6.07, 6.45) is 0.934. The molecule has 2 aromatic carbocycles. The van der Waals surface area contributed by atoms with E-state index in [-0.39, 0.29) is 24.2 Å². The molecule has 0 aliphatic carbocycles. The van der Waals surface area contributed by atoms with Gasteiger partial charge in [-0.3, -0.25) is 9.59 Å². The molecule has 1 fully saturated rings. The van der Waals surface area contributed by atoms with E-state index in [1.54, 1.807) is 31.3 Å². The first-order valence-electron chi connectivity index (χ1n) is 9.51. The second-order valence-corrected chi connectivity index (χ2v) is 7.46. The molecule has 2 aromatic rings. The molecular formula is C22H25ClN2O4. The second-order valence-electron chi connectivity index (χ2n) is 7.02. The summed E-state index contributed by atoms with van der Waals surface area (Å²) in [6.45, 7) is 1.43. The Morgan fingerprint density at radius 2 is 1.79 bits per heavy atom. The van der Waals surface area contributed by atoms with Crippen molar-refractivity contribution in [1.82, 2.24) is 10.2 Å². The number of hydrogen-bond donors (Lipinski definition) is 1. The number of likely N-dealkylation sites (tertiary alicyclic amines) is 1. The van der Waals surface area contributed by atoms with Crippen LogP contribution in [-0.4, -0.2) is 44.0 Å². The van der Waals surface area contributed by atoms with Crippen LogP contribution in [0.3, 0.4) is 0 Å². The first-order valence-corrected chi connectivity index (χ1v) is 9.88. The summed E-state index contributed by atoms with van der Waals surface area (Å²) in [5.74, 6) is 0.933. The van der Waals surface area contributed by atoms with Crippen molar-refractivity contribution in [1.29, 1.82) is 0 Å². The maximum Gasteiger partial charge on any atom is 0.225 e. The lowest BCUT2D eigenvalue weighted by atomic mass is 10.1. The van der Waals surface area contributed by atoms with Crippen molar-refractivity contribution in [2.24, 2.45) is 5.92 Å². The van der Waals surface area contributed by atoms with Gasteiger partial charge in [0.15, 0.2) is 11.5 Å². The molecule has 0 spiro atoms. The number of ether oxygens (including phenoxy) is 2. The van der Waals surface area contributed by atoms with Crippen LogP contribution in [0.1, 0.15) is 17.5 Å². The minimum atomic E-state index is -0.319. The molecule has 0 radical (unpaired) electrons. The lowest BCUT2D eigenvalue weighted by Gasteiger charge is -2.17. The van der Waals surface area contributed by atoms with Crippen LogP contribution in [0.5, 0.6) is 11.5 Å². The fourth-order valence-corrected chi connectivity index (χ4v) is 3.53. The average Bonchev–Trinajstić information content (AvgIpc) is 3.12. The summed E-state index contributed by atoms with van der Waals surface area (Å²) >= 11 is 5.87. The van der Waals surface area contributed by atoms with E-state index in [1.807, 2.05) is 30.3 Å². The Bertz CT molecular complexity index is 870. The van der Waals surface area contributed by atoms with E-state index < -0.39 is 0 Å². The van der Waals surface area contributed by atoms with Crippen molar-refractivity contribution in [3.63, 3.8) is 0 Å². The summed E-state index contributed by atoms with van der Waals surface area (Å²) in [5.41, 5.74) is 2.02. The standard InChI is InChI=1S/C22H25ClN2O4/c1-28-19-8-5-15(11-20(19)29-2)9-10-25-14-17(12-21(25)26)22(27)24-13-16-3-6-18(23)7-4-16/h3-8,11,17H,9-10,12-14H2,1-2H3,(H,24,27). The van der Waals surface area contributed by atoms with Gasteiger partial charge in [0.25, 0.3) is 0 Å². The number of benzene rings is 2. The third-order valence-electron chi connectivity index (χ3n) is 5.08. The van der Waals surface area contributed by atoms with Gasteiger partial charge in [0, 0.05) is 31.1 Å². The van der Waals surface area contributed by atoms with Gasteiger partial charge in [-0.25, -0.2) is 0 Å². The third-order valence-corrected chi connectivity index (χ3v) is 5.34. The van der Waals surface area contributed by atoms with E-state index in [0.29, 0.717) is 42.6 Å². The highest BCUT2D eigenvalue weighted by Crippen LogP contribution is 2.28. The fourth-order valence-electron chi connectivity index (χ4n) is 3.40. The van der Waals surface area contributed by atoms with Gasteiger partial charge in [-0.2, -0.15) is 0 Å². The molecule has 154 valence electrons. The van der Waals surface area contributed by atoms with E-state index >= 15 is 0 Å². The van der Waals surface area contributed by atoms with Gasteiger partial charge >= 0.3 is 0 Å². The van der Waals surface area contributed by atoms with Crippen LogP contribution in [0.25, 0.3) is 0 Å². The minimum Gasteiger partial charge on any atom is -0.493 e. The van der Waals surface area contributed by atoms with E-state index in [4.69, 9.17) is 21.1 Å². The van der Waals surface area contributed by atoms with Crippen LogP contribution in [0.4, 0.5) is 0 Å². The Labute approximate surface area is 175 Å². The van der Waals surface area contributed by atoms with Gasteiger partial charge in [-0.15, -0.1) is 0 Å². The van der Waals surface area contributed by atoms with E-state index in [2.05, 4.69) is 5.32 Å². The maximum absolute atomic E-state index is 12.5. The van der Waals surface area contributed by atoms with Gasteiger partial charge in [-0.1, -0.05) is 29.8 Å². The van der Waals surface area contributed by atoms with Gasteiger partial charge in [0.05, 0.1) is 20.1 Å². The van der Waals surface area contributed by atoms with Crippen molar-refractivity contribution in [2.75, 3.05) is 27.3 Å². The molecule has 7 heteroatoms. The summed E-state index contributed by atoms with van der Waals surface area (Å²) in [4.78, 5) is 26.5. The highest BCUT2D eigenvalue weighted by Gasteiger charge is 2.33. The molecule has 1 saturated heterocycles. The van der Waals surface area contributed by atoms with Crippen molar-refractivity contribution in [3.8, 4) is 11.5 Å². The molecule has 1 aliphatic rings. The maximum atomic E-state index is 12.5. The van der Waals surface area contributed by atoms with Crippen molar-refractivity contribution in [2.45, 2.75) is 19.4 Å².